The number of carbonyl (C=O) groups is 2. The standard InChI is InChI=1S/C15H19NO3S/c1-19-15(18)10-12(13-7-4-8-20-13)16-14(17)9-11-5-2-3-6-11/h2,4-5,7-8,11-12H,3,6,9-10H2,1H3,(H,16,17)/t11-,12-/m1/s1. The second-order valence-corrected chi connectivity index (χ2v) is 5.86. The molecule has 2 rings (SSSR count). The molecule has 2 atom stereocenters. The van der Waals surface area contributed by atoms with Crippen molar-refractivity contribution in [2.45, 2.75) is 31.7 Å². The van der Waals surface area contributed by atoms with Gasteiger partial charge in [-0.25, -0.2) is 0 Å². The fourth-order valence-electron chi connectivity index (χ4n) is 2.32. The van der Waals surface area contributed by atoms with Crippen LogP contribution in [0.15, 0.2) is 29.7 Å². The maximum absolute atomic E-state index is 12.1. The van der Waals surface area contributed by atoms with Gasteiger partial charge in [0.2, 0.25) is 5.91 Å². The number of methoxy groups -OCH3 is 1. The second-order valence-electron chi connectivity index (χ2n) is 4.89. The summed E-state index contributed by atoms with van der Waals surface area (Å²) in [5.41, 5.74) is 0. The molecule has 0 fully saturated rings. The zero-order chi connectivity index (χ0) is 14.4. The Kier molecular flexibility index (Phi) is 5.35. The van der Waals surface area contributed by atoms with Crippen molar-refractivity contribution in [3.8, 4) is 0 Å². The Hall–Kier alpha value is -1.62. The molecule has 0 radical (unpaired) electrons. The topological polar surface area (TPSA) is 55.4 Å². The average molecular weight is 293 g/mol. The van der Waals surface area contributed by atoms with Gasteiger partial charge in [-0.15, -0.1) is 11.3 Å². The number of hydrogen-bond acceptors (Lipinski definition) is 4. The Labute approximate surface area is 122 Å². The molecule has 0 saturated heterocycles. The Morgan fingerprint density at radius 1 is 1.55 bits per heavy atom. The molecule has 1 aliphatic carbocycles. The van der Waals surface area contributed by atoms with Crippen molar-refractivity contribution in [1.29, 1.82) is 0 Å². The van der Waals surface area contributed by atoms with Crippen LogP contribution in [0.4, 0.5) is 0 Å². The van der Waals surface area contributed by atoms with Gasteiger partial charge in [-0.3, -0.25) is 9.59 Å². The lowest BCUT2D eigenvalue weighted by atomic mass is 10.0. The van der Waals surface area contributed by atoms with Gasteiger partial charge in [0, 0.05) is 11.3 Å². The maximum atomic E-state index is 12.1. The third-order valence-corrected chi connectivity index (χ3v) is 4.37. The number of nitrogens with one attached hydrogen (secondary N) is 1. The molecule has 1 aromatic rings. The Balaban J connectivity index is 1.94. The van der Waals surface area contributed by atoms with Crippen LogP contribution >= 0.6 is 11.3 Å². The van der Waals surface area contributed by atoms with Crippen LogP contribution in [0.25, 0.3) is 0 Å². The lowest BCUT2D eigenvalue weighted by Crippen LogP contribution is -2.30. The number of thiophene rings is 1. The number of allylic oxidation sites excluding steroid dienone is 2. The monoisotopic (exact) mass is 293 g/mol. The molecule has 20 heavy (non-hydrogen) atoms. The van der Waals surface area contributed by atoms with E-state index in [-0.39, 0.29) is 24.3 Å². The average Bonchev–Trinajstić information content (AvgIpc) is 3.10. The van der Waals surface area contributed by atoms with E-state index in [1.165, 1.54) is 18.4 Å². The van der Waals surface area contributed by atoms with Gasteiger partial charge in [0.05, 0.1) is 19.6 Å². The minimum absolute atomic E-state index is 0.0103. The van der Waals surface area contributed by atoms with E-state index in [0.717, 1.165) is 17.7 Å². The third-order valence-electron chi connectivity index (χ3n) is 3.38. The van der Waals surface area contributed by atoms with Crippen LogP contribution in [0.1, 0.15) is 36.6 Å². The van der Waals surface area contributed by atoms with Crippen molar-refractivity contribution < 1.29 is 14.3 Å². The lowest BCUT2D eigenvalue weighted by molar-refractivity contribution is -0.141. The summed E-state index contributed by atoms with van der Waals surface area (Å²) in [7, 11) is 1.36. The van der Waals surface area contributed by atoms with Crippen LogP contribution in [0, 0.1) is 5.92 Å². The van der Waals surface area contributed by atoms with Crippen LogP contribution < -0.4 is 5.32 Å². The zero-order valence-corrected chi connectivity index (χ0v) is 12.3. The van der Waals surface area contributed by atoms with Crippen LogP contribution in [0.5, 0.6) is 0 Å². The van der Waals surface area contributed by atoms with Gasteiger partial charge in [0.25, 0.3) is 0 Å². The third kappa shape index (κ3) is 4.20. The molecule has 1 aromatic heterocycles. The largest absolute Gasteiger partial charge is 0.469 e. The van der Waals surface area contributed by atoms with Gasteiger partial charge < -0.3 is 10.1 Å². The highest BCUT2D eigenvalue weighted by atomic mass is 32.1. The predicted octanol–water partition coefficient (Wildman–Crippen LogP) is 2.82. The molecule has 1 N–H and O–H groups in total. The molecule has 0 saturated carbocycles. The molecule has 0 bridgehead atoms. The van der Waals surface area contributed by atoms with Gasteiger partial charge in [-0.1, -0.05) is 18.2 Å². The van der Waals surface area contributed by atoms with Gasteiger partial charge in [0.15, 0.2) is 0 Å². The summed E-state index contributed by atoms with van der Waals surface area (Å²) in [4.78, 5) is 24.5. The lowest BCUT2D eigenvalue weighted by Gasteiger charge is -2.17. The van der Waals surface area contributed by atoms with E-state index in [0.29, 0.717) is 12.3 Å². The molecule has 1 aliphatic rings. The van der Waals surface area contributed by atoms with Crippen LogP contribution in [0.2, 0.25) is 0 Å². The number of esters is 1. The highest BCUT2D eigenvalue weighted by Gasteiger charge is 2.21. The van der Waals surface area contributed by atoms with E-state index in [1.807, 2.05) is 17.5 Å². The van der Waals surface area contributed by atoms with Crippen molar-refractivity contribution >= 4 is 23.2 Å². The van der Waals surface area contributed by atoms with E-state index in [4.69, 9.17) is 4.74 Å². The Morgan fingerprint density at radius 2 is 2.40 bits per heavy atom. The fraction of sp³-hybridized carbons (Fsp3) is 0.467. The number of carbonyl (C=O) groups excluding carboxylic acids is 2. The molecular weight excluding hydrogens is 274 g/mol. The van der Waals surface area contributed by atoms with Gasteiger partial charge in [-0.2, -0.15) is 0 Å². The number of rotatable bonds is 6. The van der Waals surface area contributed by atoms with Crippen molar-refractivity contribution in [2.75, 3.05) is 7.11 Å². The van der Waals surface area contributed by atoms with Gasteiger partial charge in [-0.05, 0) is 30.2 Å². The highest BCUT2D eigenvalue weighted by Crippen LogP contribution is 2.24. The molecule has 1 amide bonds. The van der Waals surface area contributed by atoms with Crippen molar-refractivity contribution in [1.82, 2.24) is 5.32 Å². The van der Waals surface area contributed by atoms with Crippen molar-refractivity contribution in [2.24, 2.45) is 5.92 Å². The summed E-state index contributed by atoms with van der Waals surface area (Å²) >= 11 is 1.53. The number of ether oxygens (including phenoxy) is 1. The zero-order valence-electron chi connectivity index (χ0n) is 11.5. The molecule has 0 spiro atoms. The van der Waals surface area contributed by atoms with Gasteiger partial charge in [0.1, 0.15) is 0 Å². The van der Waals surface area contributed by atoms with E-state index >= 15 is 0 Å². The predicted molar refractivity (Wildman–Crippen MR) is 78.3 cm³/mol. The summed E-state index contributed by atoms with van der Waals surface area (Å²) in [5, 5.41) is 4.88. The summed E-state index contributed by atoms with van der Waals surface area (Å²) < 4.78 is 4.70. The number of amides is 1. The second kappa shape index (κ2) is 7.24. The van der Waals surface area contributed by atoms with E-state index < -0.39 is 0 Å². The summed E-state index contributed by atoms with van der Waals surface area (Å²) in [6.45, 7) is 0. The first-order valence-corrected chi connectivity index (χ1v) is 7.63. The minimum Gasteiger partial charge on any atom is -0.469 e. The molecule has 0 aromatic carbocycles. The molecule has 1 heterocycles. The first-order chi connectivity index (χ1) is 9.69. The van der Waals surface area contributed by atoms with E-state index in [9.17, 15) is 9.59 Å². The van der Waals surface area contributed by atoms with Gasteiger partial charge >= 0.3 is 5.97 Å². The van der Waals surface area contributed by atoms with E-state index in [1.54, 1.807) is 0 Å². The molecule has 108 valence electrons. The smallest absolute Gasteiger partial charge is 0.307 e. The molecule has 5 heteroatoms. The Morgan fingerprint density at radius 3 is 3.00 bits per heavy atom. The maximum Gasteiger partial charge on any atom is 0.307 e. The first-order valence-electron chi connectivity index (χ1n) is 6.75. The minimum atomic E-state index is -0.315. The summed E-state index contributed by atoms with van der Waals surface area (Å²) in [5.74, 6) is 0.00503. The van der Waals surface area contributed by atoms with Crippen LogP contribution in [0.3, 0.4) is 0 Å². The SMILES string of the molecule is COC(=O)C[C@@H](NC(=O)C[C@@H]1C=CCC1)c1cccs1. The Bertz CT molecular complexity index is 481. The molecule has 0 aliphatic heterocycles. The quantitative estimate of drug-likeness (QED) is 0.648. The van der Waals surface area contributed by atoms with Crippen molar-refractivity contribution in [3.05, 3.63) is 34.5 Å². The summed E-state index contributed by atoms with van der Waals surface area (Å²) in [6, 6.07) is 3.55. The highest BCUT2D eigenvalue weighted by molar-refractivity contribution is 7.10. The normalized spacial score (nSPS) is 18.8. The molecular formula is C15H19NO3S. The molecule has 0 unspecified atom stereocenters. The number of hydrogen-bond donors (Lipinski definition) is 1. The first kappa shape index (κ1) is 14.8. The molecule has 4 nitrogen and oxygen atoms in total. The fourth-order valence-corrected chi connectivity index (χ4v) is 3.10. The summed E-state index contributed by atoms with van der Waals surface area (Å²) in [6.07, 6.45) is 6.95. The van der Waals surface area contributed by atoms with Crippen molar-refractivity contribution in [3.63, 3.8) is 0 Å². The van der Waals surface area contributed by atoms with Crippen LogP contribution in [-0.2, 0) is 14.3 Å². The van der Waals surface area contributed by atoms with E-state index in [2.05, 4.69) is 17.5 Å². The van der Waals surface area contributed by atoms with Crippen LogP contribution in [-0.4, -0.2) is 19.0 Å².